The Morgan fingerprint density at radius 2 is 2.16 bits per heavy atom. The summed E-state index contributed by atoms with van der Waals surface area (Å²) in [5, 5.41) is 0. The lowest BCUT2D eigenvalue weighted by Gasteiger charge is -2.36. The third kappa shape index (κ3) is 2.00. The van der Waals surface area contributed by atoms with Gasteiger partial charge < -0.3 is 5.73 Å². The number of carbonyl (C=O) groups excluding carboxylic acids is 3. The van der Waals surface area contributed by atoms with Crippen LogP contribution < -0.4 is 5.73 Å². The maximum absolute atomic E-state index is 12.2. The number of aldehydes is 1. The lowest BCUT2D eigenvalue weighted by atomic mass is 9.77. The highest BCUT2D eigenvalue weighted by atomic mass is 16.2. The zero-order chi connectivity index (χ0) is 14.0. The Morgan fingerprint density at radius 1 is 1.42 bits per heavy atom. The van der Waals surface area contributed by atoms with Crippen LogP contribution in [0.1, 0.15) is 39.0 Å². The third-order valence-corrected chi connectivity index (χ3v) is 4.79. The topological polar surface area (TPSA) is 80.5 Å². The summed E-state index contributed by atoms with van der Waals surface area (Å²) in [5.74, 6) is -1.03. The first-order valence-corrected chi connectivity index (χ1v) is 7.13. The molecule has 19 heavy (non-hydrogen) atoms. The molecule has 0 aromatic carbocycles. The molecule has 0 aromatic rings. The lowest BCUT2D eigenvalue weighted by molar-refractivity contribution is -0.147. The molecule has 1 aliphatic heterocycles. The lowest BCUT2D eigenvalue weighted by Crippen LogP contribution is -2.63. The average molecular weight is 266 g/mol. The minimum Gasteiger partial charge on any atom is -0.368 e. The van der Waals surface area contributed by atoms with Crippen molar-refractivity contribution in [2.75, 3.05) is 13.1 Å². The normalized spacial score (nSPS) is 34.2. The molecule has 5 heteroatoms. The summed E-state index contributed by atoms with van der Waals surface area (Å²) in [4.78, 5) is 37.1. The first kappa shape index (κ1) is 14.2. The molecule has 0 bridgehead atoms. The van der Waals surface area contributed by atoms with Gasteiger partial charge in [0.25, 0.3) is 0 Å². The highest BCUT2D eigenvalue weighted by Gasteiger charge is 2.62. The molecule has 1 saturated carbocycles. The van der Waals surface area contributed by atoms with E-state index in [-0.39, 0.29) is 12.2 Å². The van der Waals surface area contributed by atoms with Gasteiger partial charge in [-0.3, -0.25) is 19.3 Å². The summed E-state index contributed by atoms with van der Waals surface area (Å²) in [6, 6.07) is 0. The van der Waals surface area contributed by atoms with Gasteiger partial charge in [-0.2, -0.15) is 0 Å². The van der Waals surface area contributed by atoms with Crippen LogP contribution in [-0.4, -0.2) is 41.5 Å². The highest BCUT2D eigenvalue weighted by molar-refractivity contribution is 6.36. The van der Waals surface area contributed by atoms with Crippen LogP contribution in [0.4, 0.5) is 0 Å². The minimum absolute atomic E-state index is 0.0699. The van der Waals surface area contributed by atoms with Gasteiger partial charge >= 0.3 is 0 Å². The standard InChI is InChI=1S/C14H22N2O3/c1-2-3-7-16-8-10-5-4-6-11(10)14(16,13(15)19)12(18)9-17/h9-11H,2-8H2,1H3,(H2,15,19). The number of fused-ring (bicyclic) bond motifs is 1. The molecule has 0 aromatic heterocycles. The van der Waals surface area contributed by atoms with Crippen LogP contribution in [0.3, 0.4) is 0 Å². The average Bonchev–Trinajstić information content (AvgIpc) is 2.94. The van der Waals surface area contributed by atoms with E-state index in [1.807, 2.05) is 4.90 Å². The van der Waals surface area contributed by atoms with Crippen LogP contribution in [-0.2, 0) is 14.4 Å². The minimum atomic E-state index is -1.36. The van der Waals surface area contributed by atoms with Gasteiger partial charge in [0.15, 0.2) is 11.8 Å². The number of likely N-dealkylation sites (tertiary alicyclic amines) is 1. The summed E-state index contributed by atoms with van der Waals surface area (Å²) in [6.45, 7) is 3.43. The molecule has 1 heterocycles. The van der Waals surface area contributed by atoms with Gasteiger partial charge in [-0.25, -0.2) is 0 Å². The van der Waals surface area contributed by atoms with Crippen molar-refractivity contribution in [2.24, 2.45) is 17.6 Å². The van der Waals surface area contributed by atoms with Crippen LogP contribution >= 0.6 is 0 Å². The molecule has 106 valence electrons. The second-order valence-corrected chi connectivity index (χ2v) is 5.71. The fourth-order valence-electron chi connectivity index (χ4n) is 3.97. The molecule has 1 saturated heterocycles. The number of amides is 1. The maximum atomic E-state index is 12.2. The molecule has 2 fully saturated rings. The fraction of sp³-hybridized carbons (Fsp3) is 0.786. The smallest absolute Gasteiger partial charge is 0.246 e. The Balaban J connectivity index is 2.39. The number of nitrogens with two attached hydrogens (primary N) is 1. The number of hydrogen-bond acceptors (Lipinski definition) is 4. The molecular weight excluding hydrogens is 244 g/mol. The number of primary amides is 1. The molecular formula is C14H22N2O3. The van der Waals surface area contributed by atoms with Gasteiger partial charge in [0, 0.05) is 6.54 Å². The van der Waals surface area contributed by atoms with Gasteiger partial charge in [-0.1, -0.05) is 19.8 Å². The van der Waals surface area contributed by atoms with Gasteiger partial charge in [0.05, 0.1) is 0 Å². The van der Waals surface area contributed by atoms with Gasteiger partial charge in [-0.05, 0) is 37.6 Å². The maximum Gasteiger partial charge on any atom is 0.246 e. The molecule has 1 aliphatic carbocycles. The monoisotopic (exact) mass is 266 g/mol. The van der Waals surface area contributed by atoms with E-state index < -0.39 is 17.2 Å². The third-order valence-electron chi connectivity index (χ3n) is 4.79. The number of Topliss-reactive ketones (excluding diaryl/α,β-unsaturated/α-hetero) is 1. The molecule has 2 rings (SSSR count). The Hall–Kier alpha value is -1.23. The Kier molecular flexibility index (Phi) is 4.04. The van der Waals surface area contributed by atoms with Crippen LogP contribution in [0.15, 0.2) is 0 Å². The predicted octanol–water partition coefficient (Wildman–Crippen LogP) is 0.511. The number of ketones is 1. The first-order chi connectivity index (χ1) is 9.08. The highest BCUT2D eigenvalue weighted by Crippen LogP contribution is 2.48. The molecule has 3 atom stereocenters. The number of unbranched alkanes of at least 4 members (excludes halogenated alkanes) is 1. The van der Waals surface area contributed by atoms with E-state index >= 15 is 0 Å². The van der Waals surface area contributed by atoms with Crippen LogP contribution in [0.2, 0.25) is 0 Å². The van der Waals surface area contributed by atoms with E-state index in [1.165, 1.54) is 0 Å². The van der Waals surface area contributed by atoms with Crippen molar-refractivity contribution in [3.8, 4) is 0 Å². The SMILES string of the molecule is CCCCN1CC2CCCC2C1(C(N)=O)C(=O)C=O. The second-order valence-electron chi connectivity index (χ2n) is 5.71. The molecule has 2 N–H and O–H groups in total. The van der Waals surface area contributed by atoms with Gasteiger partial charge in [0.1, 0.15) is 0 Å². The molecule has 2 aliphatic rings. The summed E-state index contributed by atoms with van der Waals surface area (Å²) < 4.78 is 0. The Bertz CT molecular complexity index is 396. The van der Waals surface area contributed by atoms with Crippen molar-refractivity contribution < 1.29 is 14.4 Å². The van der Waals surface area contributed by atoms with Crippen molar-refractivity contribution in [1.29, 1.82) is 0 Å². The van der Waals surface area contributed by atoms with Crippen LogP contribution in [0.25, 0.3) is 0 Å². The fourth-order valence-corrected chi connectivity index (χ4v) is 3.97. The summed E-state index contributed by atoms with van der Waals surface area (Å²) in [6.07, 6.45) is 5.02. The molecule has 3 unspecified atom stereocenters. The van der Waals surface area contributed by atoms with Crippen molar-refractivity contribution in [1.82, 2.24) is 4.90 Å². The van der Waals surface area contributed by atoms with Gasteiger partial charge in [-0.15, -0.1) is 0 Å². The quantitative estimate of drug-likeness (QED) is 0.431. The van der Waals surface area contributed by atoms with Crippen molar-refractivity contribution in [2.45, 2.75) is 44.6 Å². The first-order valence-electron chi connectivity index (χ1n) is 7.13. The number of hydrogen-bond donors (Lipinski definition) is 1. The largest absolute Gasteiger partial charge is 0.368 e. The van der Waals surface area contributed by atoms with Gasteiger partial charge in [0.2, 0.25) is 11.7 Å². The summed E-state index contributed by atoms with van der Waals surface area (Å²) in [7, 11) is 0. The Morgan fingerprint density at radius 3 is 2.74 bits per heavy atom. The van der Waals surface area contributed by atoms with Crippen LogP contribution in [0, 0.1) is 11.8 Å². The number of carbonyl (C=O) groups is 3. The summed E-state index contributed by atoms with van der Waals surface area (Å²) in [5.41, 5.74) is 4.20. The van der Waals surface area contributed by atoms with Crippen molar-refractivity contribution in [3.05, 3.63) is 0 Å². The van der Waals surface area contributed by atoms with E-state index in [0.717, 1.165) is 32.1 Å². The van der Waals surface area contributed by atoms with E-state index in [2.05, 4.69) is 6.92 Å². The number of nitrogens with zero attached hydrogens (tertiary/aromatic N) is 1. The van der Waals surface area contributed by atoms with Crippen molar-refractivity contribution >= 4 is 18.0 Å². The van der Waals surface area contributed by atoms with Crippen LogP contribution in [0.5, 0.6) is 0 Å². The van der Waals surface area contributed by atoms with Crippen molar-refractivity contribution in [3.63, 3.8) is 0 Å². The summed E-state index contributed by atoms with van der Waals surface area (Å²) >= 11 is 0. The second kappa shape index (κ2) is 5.41. The molecule has 1 amide bonds. The zero-order valence-electron chi connectivity index (χ0n) is 11.4. The predicted molar refractivity (Wildman–Crippen MR) is 70.3 cm³/mol. The van der Waals surface area contributed by atoms with E-state index in [4.69, 9.17) is 5.73 Å². The van der Waals surface area contributed by atoms with E-state index in [9.17, 15) is 14.4 Å². The molecule has 0 spiro atoms. The number of rotatable bonds is 6. The zero-order valence-corrected chi connectivity index (χ0v) is 11.4. The molecule has 5 nitrogen and oxygen atoms in total. The van der Waals surface area contributed by atoms with E-state index in [0.29, 0.717) is 19.0 Å². The van der Waals surface area contributed by atoms with E-state index in [1.54, 1.807) is 0 Å². The Labute approximate surface area is 113 Å². The molecule has 0 radical (unpaired) electrons.